The number of allylic oxidation sites excluding steroid dienone is 4. The van der Waals surface area contributed by atoms with Gasteiger partial charge in [-0.15, -0.1) is 10.2 Å². The van der Waals surface area contributed by atoms with Gasteiger partial charge in [-0.05, 0) is 47.9 Å². The molecule has 0 saturated carbocycles. The summed E-state index contributed by atoms with van der Waals surface area (Å²) < 4.78 is 41.2. The van der Waals surface area contributed by atoms with E-state index in [1.54, 1.807) is 16.8 Å². The van der Waals surface area contributed by atoms with E-state index in [2.05, 4.69) is 45.0 Å². The second-order valence-electron chi connectivity index (χ2n) is 9.26. The molecule has 0 radical (unpaired) electrons. The Labute approximate surface area is 216 Å². The van der Waals surface area contributed by atoms with Crippen molar-refractivity contribution >= 4 is 5.91 Å². The maximum atomic E-state index is 13.1. The largest absolute Gasteiger partial charge is 0.416 e. The average Bonchev–Trinajstić information content (AvgIpc) is 3.58. The number of carbonyl (C=O) groups excluding carboxylic acids is 1. The summed E-state index contributed by atoms with van der Waals surface area (Å²) in [7, 11) is 0. The van der Waals surface area contributed by atoms with Crippen LogP contribution in [0.25, 0.3) is 11.3 Å². The Bertz CT molecular complexity index is 1470. The number of tetrazole rings is 1. The Hall–Kier alpha value is -4.54. The molecule has 2 N–H and O–H groups in total. The molecule has 0 bridgehead atoms. The molecule has 8 nitrogen and oxygen atoms in total. The summed E-state index contributed by atoms with van der Waals surface area (Å²) in [5.41, 5.74) is 2.48. The number of halogens is 3. The molecule has 1 amide bonds. The summed E-state index contributed by atoms with van der Waals surface area (Å²) in [6, 6.07) is 14.1. The summed E-state index contributed by atoms with van der Waals surface area (Å²) >= 11 is 0. The van der Waals surface area contributed by atoms with Gasteiger partial charge in [-0.3, -0.25) is 9.48 Å². The summed E-state index contributed by atoms with van der Waals surface area (Å²) in [5, 5.41) is 21.0. The molecule has 11 heteroatoms. The predicted molar refractivity (Wildman–Crippen MR) is 134 cm³/mol. The van der Waals surface area contributed by atoms with Gasteiger partial charge >= 0.3 is 6.18 Å². The number of alkyl halides is 3. The van der Waals surface area contributed by atoms with Gasteiger partial charge in [0.15, 0.2) is 5.82 Å². The first-order valence-corrected chi connectivity index (χ1v) is 11.9. The van der Waals surface area contributed by atoms with Crippen molar-refractivity contribution in [2.24, 2.45) is 0 Å². The third-order valence-electron chi connectivity index (χ3n) is 6.47. The number of H-pyrrole nitrogens is 1. The molecule has 4 aromatic rings. The van der Waals surface area contributed by atoms with E-state index in [1.165, 1.54) is 12.1 Å². The van der Waals surface area contributed by atoms with E-state index in [-0.39, 0.29) is 17.9 Å². The summed E-state index contributed by atoms with van der Waals surface area (Å²) in [6.07, 6.45) is 4.46. The molecule has 0 spiro atoms. The molecule has 2 aromatic heterocycles. The van der Waals surface area contributed by atoms with Crippen LogP contribution in [-0.2, 0) is 24.7 Å². The lowest BCUT2D eigenvalue weighted by Gasteiger charge is -2.24. The van der Waals surface area contributed by atoms with Gasteiger partial charge in [0.25, 0.3) is 5.91 Å². The highest BCUT2D eigenvalue weighted by Gasteiger charge is 2.31. The van der Waals surface area contributed by atoms with Gasteiger partial charge in [0.2, 0.25) is 0 Å². The lowest BCUT2D eigenvalue weighted by atomic mass is 9.80. The average molecular weight is 520 g/mol. The fourth-order valence-electron chi connectivity index (χ4n) is 4.25. The van der Waals surface area contributed by atoms with Crippen LogP contribution < -0.4 is 5.32 Å². The quantitative estimate of drug-likeness (QED) is 0.364. The molecule has 2 aromatic carbocycles. The normalized spacial score (nSPS) is 17.1. The van der Waals surface area contributed by atoms with Gasteiger partial charge in [0, 0.05) is 11.0 Å². The molecule has 5 rings (SSSR count). The molecular formula is C27H24F3N7O. The molecule has 1 aliphatic carbocycles. The lowest BCUT2D eigenvalue weighted by Crippen LogP contribution is -2.23. The van der Waals surface area contributed by atoms with Crippen molar-refractivity contribution < 1.29 is 18.0 Å². The Morgan fingerprint density at radius 1 is 1.11 bits per heavy atom. The zero-order chi connectivity index (χ0) is 26.8. The number of nitrogens with zero attached hydrogens (tertiary/aromatic N) is 5. The van der Waals surface area contributed by atoms with Crippen molar-refractivity contribution in [2.45, 2.75) is 38.0 Å². The fraction of sp³-hybridized carbons (Fsp3) is 0.222. The summed E-state index contributed by atoms with van der Waals surface area (Å²) in [4.78, 5) is 12.5. The molecule has 0 aliphatic heterocycles. The smallest absolute Gasteiger partial charge is 0.345 e. The van der Waals surface area contributed by atoms with E-state index < -0.39 is 11.7 Å². The van der Waals surface area contributed by atoms with E-state index in [9.17, 15) is 18.0 Å². The van der Waals surface area contributed by atoms with Crippen molar-refractivity contribution in [1.29, 1.82) is 0 Å². The number of nitrogens with one attached hydrogen (secondary N) is 2. The lowest BCUT2D eigenvalue weighted by molar-refractivity contribution is -0.137. The van der Waals surface area contributed by atoms with E-state index in [0.717, 1.165) is 29.8 Å². The molecule has 1 aliphatic rings. The second kappa shape index (κ2) is 10.1. The first-order chi connectivity index (χ1) is 18.2. The summed E-state index contributed by atoms with van der Waals surface area (Å²) in [6.45, 7) is 2.60. The van der Waals surface area contributed by atoms with Gasteiger partial charge in [0.1, 0.15) is 0 Å². The Balaban J connectivity index is 1.40. The zero-order valence-electron chi connectivity index (χ0n) is 20.4. The van der Waals surface area contributed by atoms with Crippen LogP contribution in [0.4, 0.5) is 13.2 Å². The van der Waals surface area contributed by atoms with Gasteiger partial charge in [-0.1, -0.05) is 60.7 Å². The van der Waals surface area contributed by atoms with E-state index >= 15 is 0 Å². The van der Waals surface area contributed by atoms with Crippen molar-refractivity contribution in [3.8, 4) is 11.3 Å². The molecular weight excluding hydrogens is 495 g/mol. The van der Waals surface area contributed by atoms with Crippen molar-refractivity contribution in [3.63, 3.8) is 0 Å². The monoisotopic (exact) mass is 519 g/mol. The first kappa shape index (κ1) is 25.1. The van der Waals surface area contributed by atoms with Crippen LogP contribution in [0.1, 0.15) is 46.3 Å². The maximum Gasteiger partial charge on any atom is 0.416 e. The molecule has 38 heavy (non-hydrogen) atoms. The van der Waals surface area contributed by atoms with Crippen LogP contribution in [0.15, 0.2) is 78.9 Å². The number of rotatable bonds is 7. The summed E-state index contributed by atoms with van der Waals surface area (Å²) in [5.74, 6) is 0.0930. The number of aromatic amines is 1. The third-order valence-corrected chi connectivity index (χ3v) is 6.47. The highest BCUT2D eigenvalue weighted by atomic mass is 19.4. The van der Waals surface area contributed by atoms with Crippen LogP contribution in [0.3, 0.4) is 0 Å². The van der Waals surface area contributed by atoms with Crippen LogP contribution in [0.2, 0.25) is 0 Å². The number of hydrogen-bond donors (Lipinski definition) is 2. The van der Waals surface area contributed by atoms with E-state index in [4.69, 9.17) is 5.10 Å². The van der Waals surface area contributed by atoms with Crippen LogP contribution in [0.5, 0.6) is 0 Å². The topological polar surface area (TPSA) is 101 Å². The molecule has 0 fully saturated rings. The number of carbonyl (C=O) groups is 1. The molecule has 2 heterocycles. The van der Waals surface area contributed by atoms with Crippen LogP contribution >= 0.6 is 0 Å². The number of amides is 1. The Morgan fingerprint density at radius 3 is 2.50 bits per heavy atom. The van der Waals surface area contributed by atoms with Gasteiger partial charge in [-0.2, -0.15) is 23.5 Å². The Morgan fingerprint density at radius 2 is 1.87 bits per heavy atom. The number of benzene rings is 2. The standard InChI is InChI=1S/C27H24F3N7O/c1-26(13-3-2-4-14-26)23-15-22(19-9-11-21(12-10-19)27(28,29)30)37(34-23)17-18-5-7-20(8-6-18)25(38)31-16-24-32-35-36-33-24/h2-13,15H,14,16-17H2,1H3,(H,31,38)(H,32,33,35,36). The van der Waals surface area contributed by atoms with Crippen LogP contribution in [0, 0.1) is 0 Å². The number of aromatic nitrogens is 6. The van der Waals surface area contributed by atoms with E-state index in [0.29, 0.717) is 29.2 Å². The predicted octanol–water partition coefficient (Wildman–Crippen LogP) is 4.83. The Kier molecular flexibility index (Phi) is 6.66. The van der Waals surface area contributed by atoms with Gasteiger partial charge in [0.05, 0.1) is 30.0 Å². The van der Waals surface area contributed by atoms with E-state index in [1.807, 2.05) is 30.4 Å². The SMILES string of the molecule is CC1(c2cc(-c3ccc(C(F)(F)F)cc3)n(Cc3ccc(C(=O)NCc4nn[nH]n4)cc3)n2)C=CC=CC1. The maximum absolute atomic E-state index is 13.1. The van der Waals surface area contributed by atoms with Crippen LogP contribution in [-0.4, -0.2) is 36.3 Å². The zero-order valence-corrected chi connectivity index (χ0v) is 20.4. The fourth-order valence-corrected chi connectivity index (χ4v) is 4.25. The third kappa shape index (κ3) is 5.41. The molecule has 194 valence electrons. The van der Waals surface area contributed by atoms with Crippen molar-refractivity contribution in [2.75, 3.05) is 0 Å². The van der Waals surface area contributed by atoms with Gasteiger partial charge < -0.3 is 5.32 Å². The highest BCUT2D eigenvalue weighted by molar-refractivity contribution is 5.94. The van der Waals surface area contributed by atoms with Crippen molar-refractivity contribution in [1.82, 2.24) is 35.7 Å². The minimum atomic E-state index is -4.41. The minimum absolute atomic E-state index is 0.145. The second-order valence-corrected chi connectivity index (χ2v) is 9.26. The van der Waals surface area contributed by atoms with Gasteiger partial charge in [-0.25, -0.2) is 0 Å². The molecule has 0 saturated heterocycles. The molecule has 1 unspecified atom stereocenters. The molecule has 1 atom stereocenters. The van der Waals surface area contributed by atoms with Crippen molar-refractivity contribution in [3.05, 3.63) is 107 Å². The highest BCUT2D eigenvalue weighted by Crippen LogP contribution is 2.35. The first-order valence-electron chi connectivity index (χ1n) is 11.9. The minimum Gasteiger partial charge on any atom is -0.345 e. The number of hydrogen-bond acceptors (Lipinski definition) is 5.